The molecule has 18 heavy (non-hydrogen) atoms. The van der Waals surface area contributed by atoms with Crippen LogP contribution in [-0.2, 0) is 0 Å². The highest BCUT2D eigenvalue weighted by atomic mass is 35.5. The number of nitrogens with zero attached hydrogens (tertiary/aromatic N) is 2. The van der Waals surface area contributed by atoms with Crippen LogP contribution in [0.15, 0.2) is 36.7 Å². The monoisotopic (exact) mass is 263 g/mol. The largest absolute Gasteiger partial charge is 0.497 e. The second-order valence-corrected chi connectivity index (χ2v) is 3.80. The highest BCUT2D eigenvalue weighted by Gasteiger charge is 2.07. The zero-order chi connectivity index (χ0) is 13.0. The van der Waals surface area contributed by atoms with E-state index in [4.69, 9.17) is 16.3 Å². The third-order valence-corrected chi connectivity index (χ3v) is 2.39. The molecule has 0 spiro atoms. The average Bonchev–Trinajstić information content (AvgIpc) is 2.41. The van der Waals surface area contributed by atoms with Crippen LogP contribution in [0.5, 0.6) is 5.75 Å². The van der Waals surface area contributed by atoms with E-state index >= 15 is 0 Å². The van der Waals surface area contributed by atoms with Gasteiger partial charge in [0.15, 0.2) is 5.82 Å². The van der Waals surface area contributed by atoms with Crippen LogP contribution in [0.25, 0.3) is 0 Å². The molecule has 1 N–H and O–H groups in total. The molecule has 2 aromatic rings. The molecule has 2 rings (SSSR count). The number of ether oxygens (including phenoxy) is 1. The average molecular weight is 264 g/mol. The molecule has 5 nitrogen and oxygen atoms in total. The fraction of sp³-hybridized carbons (Fsp3) is 0.0833. The lowest BCUT2D eigenvalue weighted by Crippen LogP contribution is -2.13. The van der Waals surface area contributed by atoms with Gasteiger partial charge < -0.3 is 10.1 Å². The molecule has 1 aromatic heterocycles. The summed E-state index contributed by atoms with van der Waals surface area (Å²) in [5.74, 6) is 0.669. The number of carbonyl (C=O) groups is 1. The lowest BCUT2D eigenvalue weighted by atomic mass is 10.2. The Labute approximate surface area is 109 Å². The normalized spacial score (nSPS) is 9.89. The summed E-state index contributed by atoms with van der Waals surface area (Å²) in [7, 11) is 1.54. The maximum absolute atomic E-state index is 11.9. The quantitative estimate of drug-likeness (QED) is 0.923. The summed E-state index contributed by atoms with van der Waals surface area (Å²) < 4.78 is 5.05. The molecular weight excluding hydrogens is 254 g/mol. The maximum Gasteiger partial charge on any atom is 0.256 e. The van der Waals surface area contributed by atoms with Crippen molar-refractivity contribution < 1.29 is 9.53 Å². The SMILES string of the molecule is COc1cccc(C(=O)Nc2cnc(Cl)cn2)c1. The van der Waals surface area contributed by atoms with Crippen LogP contribution in [0.2, 0.25) is 5.15 Å². The van der Waals surface area contributed by atoms with Crippen LogP contribution < -0.4 is 10.1 Å². The Morgan fingerprint density at radius 3 is 2.83 bits per heavy atom. The minimum absolute atomic E-state index is 0.273. The molecule has 1 amide bonds. The highest BCUT2D eigenvalue weighted by Crippen LogP contribution is 2.14. The van der Waals surface area contributed by atoms with Crippen molar-refractivity contribution >= 4 is 23.3 Å². The van der Waals surface area contributed by atoms with Gasteiger partial charge in [0.05, 0.1) is 19.5 Å². The number of amides is 1. The summed E-state index contributed by atoms with van der Waals surface area (Å²) >= 11 is 5.60. The number of carbonyl (C=O) groups excluding carboxylic acids is 1. The third kappa shape index (κ3) is 2.95. The number of methoxy groups -OCH3 is 1. The predicted octanol–water partition coefficient (Wildman–Crippen LogP) is 2.39. The minimum Gasteiger partial charge on any atom is -0.497 e. The van der Waals surface area contributed by atoms with E-state index < -0.39 is 0 Å². The van der Waals surface area contributed by atoms with Gasteiger partial charge in [0.2, 0.25) is 0 Å². The van der Waals surface area contributed by atoms with Crippen molar-refractivity contribution in [2.75, 3.05) is 12.4 Å². The molecule has 0 saturated heterocycles. The van der Waals surface area contributed by atoms with Crippen LogP contribution in [0.1, 0.15) is 10.4 Å². The predicted molar refractivity (Wildman–Crippen MR) is 68.0 cm³/mol. The molecule has 1 aromatic carbocycles. The van der Waals surface area contributed by atoms with Gasteiger partial charge in [0.1, 0.15) is 10.9 Å². The van der Waals surface area contributed by atoms with Crippen molar-refractivity contribution in [2.24, 2.45) is 0 Å². The molecule has 0 unspecified atom stereocenters. The van der Waals surface area contributed by atoms with Gasteiger partial charge in [0.25, 0.3) is 5.91 Å². The smallest absolute Gasteiger partial charge is 0.256 e. The van der Waals surface area contributed by atoms with Crippen molar-refractivity contribution in [3.05, 3.63) is 47.4 Å². The summed E-state index contributed by atoms with van der Waals surface area (Å²) in [5, 5.41) is 2.88. The van der Waals surface area contributed by atoms with E-state index in [-0.39, 0.29) is 11.1 Å². The fourth-order valence-electron chi connectivity index (χ4n) is 1.33. The van der Waals surface area contributed by atoms with Crippen molar-refractivity contribution in [3.63, 3.8) is 0 Å². The Morgan fingerprint density at radius 1 is 1.33 bits per heavy atom. The van der Waals surface area contributed by atoms with Crippen molar-refractivity contribution in [3.8, 4) is 5.75 Å². The second kappa shape index (κ2) is 5.46. The number of hydrogen-bond donors (Lipinski definition) is 1. The van der Waals surface area contributed by atoms with E-state index in [1.807, 2.05) is 0 Å². The van der Waals surface area contributed by atoms with Crippen molar-refractivity contribution in [1.82, 2.24) is 9.97 Å². The molecule has 1 heterocycles. The second-order valence-electron chi connectivity index (χ2n) is 3.41. The zero-order valence-electron chi connectivity index (χ0n) is 9.55. The first-order valence-electron chi connectivity index (χ1n) is 5.12. The Balaban J connectivity index is 2.14. The molecule has 0 bridgehead atoms. The Bertz CT molecular complexity index is 558. The Kier molecular flexibility index (Phi) is 3.74. The van der Waals surface area contributed by atoms with Crippen LogP contribution >= 0.6 is 11.6 Å². The first-order chi connectivity index (χ1) is 8.69. The van der Waals surface area contributed by atoms with Gasteiger partial charge in [-0.2, -0.15) is 0 Å². The van der Waals surface area contributed by atoms with Gasteiger partial charge in [-0.3, -0.25) is 4.79 Å². The van der Waals surface area contributed by atoms with Crippen LogP contribution in [-0.4, -0.2) is 23.0 Å². The summed E-state index contributed by atoms with van der Waals surface area (Å²) in [5.41, 5.74) is 0.478. The number of nitrogens with one attached hydrogen (secondary N) is 1. The van der Waals surface area contributed by atoms with E-state index in [0.717, 1.165) is 0 Å². The molecule has 0 aliphatic rings. The number of benzene rings is 1. The van der Waals surface area contributed by atoms with Gasteiger partial charge in [-0.15, -0.1) is 0 Å². The number of halogens is 1. The van der Waals surface area contributed by atoms with Crippen LogP contribution in [0.3, 0.4) is 0 Å². The van der Waals surface area contributed by atoms with E-state index in [1.165, 1.54) is 12.4 Å². The number of aromatic nitrogens is 2. The zero-order valence-corrected chi connectivity index (χ0v) is 10.3. The van der Waals surface area contributed by atoms with E-state index in [2.05, 4.69) is 15.3 Å². The van der Waals surface area contributed by atoms with Crippen LogP contribution in [0.4, 0.5) is 5.82 Å². The molecule has 6 heteroatoms. The first kappa shape index (κ1) is 12.3. The Hall–Kier alpha value is -2.14. The molecule has 0 radical (unpaired) electrons. The minimum atomic E-state index is -0.287. The lowest BCUT2D eigenvalue weighted by molar-refractivity contribution is 0.102. The maximum atomic E-state index is 11.9. The topological polar surface area (TPSA) is 64.1 Å². The van der Waals surface area contributed by atoms with Gasteiger partial charge in [-0.1, -0.05) is 17.7 Å². The van der Waals surface area contributed by atoms with Gasteiger partial charge in [-0.05, 0) is 18.2 Å². The fourth-order valence-corrected chi connectivity index (χ4v) is 1.43. The summed E-state index contributed by atoms with van der Waals surface area (Å²) in [4.78, 5) is 19.7. The highest BCUT2D eigenvalue weighted by molar-refractivity contribution is 6.29. The van der Waals surface area contributed by atoms with Crippen molar-refractivity contribution in [2.45, 2.75) is 0 Å². The number of hydrogen-bond acceptors (Lipinski definition) is 4. The van der Waals surface area contributed by atoms with E-state index in [9.17, 15) is 4.79 Å². The van der Waals surface area contributed by atoms with Crippen LogP contribution in [0, 0.1) is 0 Å². The summed E-state index contributed by atoms with van der Waals surface area (Å²) in [6.07, 6.45) is 2.75. The first-order valence-corrected chi connectivity index (χ1v) is 5.50. The van der Waals surface area contributed by atoms with E-state index in [0.29, 0.717) is 17.1 Å². The molecule has 0 saturated carbocycles. The van der Waals surface area contributed by atoms with Gasteiger partial charge in [-0.25, -0.2) is 9.97 Å². The number of rotatable bonds is 3. The molecular formula is C12H10ClN3O2. The van der Waals surface area contributed by atoms with Gasteiger partial charge in [0, 0.05) is 5.56 Å². The van der Waals surface area contributed by atoms with Gasteiger partial charge >= 0.3 is 0 Å². The summed E-state index contributed by atoms with van der Waals surface area (Å²) in [6.45, 7) is 0. The molecule has 92 valence electrons. The summed E-state index contributed by atoms with van der Waals surface area (Å²) in [6, 6.07) is 6.82. The standard InChI is InChI=1S/C12H10ClN3O2/c1-18-9-4-2-3-8(5-9)12(17)16-11-7-14-10(13)6-15-11/h2-7H,1H3,(H,15,16,17). The lowest BCUT2D eigenvalue weighted by Gasteiger charge is -2.05. The van der Waals surface area contributed by atoms with Crippen molar-refractivity contribution in [1.29, 1.82) is 0 Å². The van der Waals surface area contributed by atoms with E-state index in [1.54, 1.807) is 31.4 Å². The molecule has 0 aliphatic heterocycles. The third-order valence-electron chi connectivity index (χ3n) is 2.19. The number of anilines is 1. The molecule has 0 atom stereocenters. The molecule has 0 fully saturated rings. The Morgan fingerprint density at radius 2 is 2.17 bits per heavy atom. The molecule has 0 aliphatic carbocycles.